The monoisotopic (exact) mass is 210 g/mol. The van der Waals surface area contributed by atoms with E-state index in [1.54, 1.807) is 0 Å². The lowest BCUT2D eigenvalue weighted by molar-refractivity contribution is 0.239. The minimum atomic E-state index is -3.44. The van der Waals surface area contributed by atoms with Gasteiger partial charge in [0.05, 0.1) is 6.61 Å². The largest absolute Gasteiger partial charge is 0.395 e. The second-order valence-corrected chi connectivity index (χ2v) is 4.99. The molecule has 1 atom stereocenters. The number of hydrogen-bond donors (Lipinski definition) is 3. The number of aliphatic hydroxyl groups is 1. The molecule has 0 saturated carbocycles. The number of hydrogen-bond acceptors (Lipinski definition) is 3. The van der Waals surface area contributed by atoms with Crippen molar-refractivity contribution in [3.8, 4) is 0 Å². The molecule has 0 aliphatic heterocycles. The molecule has 0 bridgehead atoms. The van der Waals surface area contributed by atoms with Crippen LogP contribution in [0.3, 0.4) is 0 Å². The molecule has 1 unspecified atom stereocenters. The third kappa shape index (κ3) is 5.98. The van der Waals surface area contributed by atoms with Crippen LogP contribution in [0.5, 0.6) is 0 Å². The Kier molecular flexibility index (Phi) is 5.46. The van der Waals surface area contributed by atoms with Crippen molar-refractivity contribution in [2.24, 2.45) is 5.92 Å². The molecule has 6 heteroatoms. The second-order valence-electron chi connectivity index (χ2n) is 3.33. The molecule has 0 rings (SSSR count). The fourth-order valence-corrected chi connectivity index (χ4v) is 1.73. The molecule has 0 aliphatic carbocycles. The second kappa shape index (κ2) is 5.54. The van der Waals surface area contributed by atoms with Crippen molar-refractivity contribution in [2.45, 2.75) is 26.3 Å². The van der Waals surface area contributed by atoms with Crippen molar-refractivity contribution >= 4 is 10.2 Å². The molecule has 0 aromatic rings. The summed E-state index contributed by atoms with van der Waals surface area (Å²) in [6, 6.07) is -0.405. The summed E-state index contributed by atoms with van der Waals surface area (Å²) in [5.74, 6) is 0.344. The summed E-state index contributed by atoms with van der Waals surface area (Å²) in [5.41, 5.74) is 0. The molecule has 0 fully saturated rings. The van der Waals surface area contributed by atoms with Gasteiger partial charge in [-0.15, -0.1) is 0 Å². The van der Waals surface area contributed by atoms with Crippen LogP contribution in [0, 0.1) is 5.92 Å². The summed E-state index contributed by atoms with van der Waals surface area (Å²) < 4.78 is 26.5. The van der Waals surface area contributed by atoms with Crippen LogP contribution in [0.2, 0.25) is 0 Å². The number of rotatable bonds is 6. The highest BCUT2D eigenvalue weighted by Gasteiger charge is 2.15. The molecular weight excluding hydrogens is 192 g/mol. The maximum atomic E-state index is 11.0. The van der Waals surface area contributed by atoms with Crippen molar-refractivity contribution in [1.29, 1.82) is 0 Å². The first-order chi connectivity index (χ1) is 5.91. The first kappa shape index (κ1) is 12.8. The van der Waals surface area contributed by atoms with E-state index >= 15 is 0 Å². The minimum Gasteiger partial charge on any atom is -0.395 e. The molecule has 5 nitrogen and oxygen atoms in total. The third-order valence-electron chi connectivity index (χ3n) is 1.57. The molecule has 3 N–H and O–H groups in total. The summed E-state index contributed by atoms with van der Waals surface area (Å²) in [4.78, 5) is 0. The van der Waals surface area contributed by atoms with Gasteiger partial charge in [0.2, 0.25) is 0 Å². The van der Waals surface area contributed by atoms with Gasteiger partial charge in [0.1, 0.15) is 0 Å². The number of aliphatic hydroxyl groups excluding tert-OH is 1. The summed E-state index contributed by atoms with van der Waals surface area (Å²) >= 11 is 0. The molecule has 0 radical (unpaired) electrons. The third-order valence-corrected chi connectivity index (χ3v) is 2.75. The highest BCUT2D eigenvalue weighted by molar-refractivity contribution is 7.87. The van der Waals surface area contributed by atoms with Gasteiger partial charge in [0, 0.05) is 13.1 Å². The van der Waals surface area contributed by atoms with E-state index < -0.39 is 16.3 Å². The van der Waals surface area contributed by atoms with Gasteiger partial charge in [0.15, 0.2) is 0 Å². The SMILES string of the molecule is CNS(=O)(=O)NC(CO)CC(C)C. The van der Waals surface area contributed by atoms with Crippen molar-refractivity contribution < 1.29 is 13.5 Å². The molecule has 0 aromatic carbocycles. The van der Waals surface area contributed by atoms with Gasteiger partial charge in [-0.3, -0.25) is 0 Å². The maximum Gasteiger partial charge on any atom is 0.276 e. The Bertz CT molecular complexity index is 226. The van der Waals surface area contributed by atoms with Crippen LogP contribution >= 0.6 is 0 Å². The van der Waals surface area contributed by atoms with E-state index in [4.69, 9.17) is 5.11 Å². The van der Waals surface area contributed by atoms with Gasteiger partial charge in [-0.05, 0) is 12.3 Å². The molecule has 0 aliphatic rings. The first-order valence-electron chi connectivity index (χ1n) is 4.23. The smallest absolute Gasteiger partial charge is 0.276 e. The van der Waals surface area contributed by atoms with Crippen molar-refractivity contribution in [2.75, 3.05) is 13.7 Å². The Morgan fingerprint density at radius 3 is 2.23 bits per heavy atom. The molecule has 0 spiro atoms. The molecule has 0 saturated heterocycles. The summed E-state index contributed by atoms with van der Waals surface area (Å²) in [6.07, 6.45) is 0.622. The van der Waals surface area contributed by atoms with Gasteiger partial charge in [0.25, 0.3) is 10.2 Å². The standard InChI is InChI=1S/C7H18N2O3S/c1-6(2)4-7(5-10)9-13(11,12)8-3/h6-10H,4-5H2,1-3H3. The minimum absolute atomic E-state index is 0.181. The van der Waals surface area contributed by atoms with Crippen molar-refractivity contribution in [3.63, 3.8) is 0 Å². The van der Waals surface area contributed by atoms with Crippen LogP contribution in [0.15, 0.2) is 0 Å². The molecule has 13 heavy (non-hydrogen) atoms. The Balaban J connectivity index is 4.13. The number of nitrogens with one attached hydrogen (secondary N) is 2. The molecule has 0 heterocycles. The molecule has 0 aromatic heterocycles. The molecule has 0 amide bonds. The predicted octanol–water partition coefficient (Wildman–Crippen LogP) is -0.553. The lowest BCUT2D eigenvalue weighted by Gasteiger charge is -2.17. The van der Waals surface area contributed by atoms with E-state index in [0.29, 0.717) is 12.3 Å². The highest BCUT2D eigenvalue weighted by atomic mass is 32.2. The topological polar surface area (TPSA) is 78.4 Å². The first-order valence-corrected chi connectivity index (χ1v) is 5.71. The van der Waals surface area contributed by atoms with Gasteiger partial charge in [-0.2, -0.15) is 13.1 Å². The maximum absolute atomic E-state index is 11.0. The van der Waals surface area contributed by atoms with Gasteiger partial charge >= 0.3 is 0 Å². The quantitative estimate of drug-likeness (QED) is 0.550. The van der Waals surface area contributed by atoms with Crippen LogP contribution in [0.25, 0.3) is 0 Å². The fraction of sp³-hybridized carbons (Fsp3) is 1.00. The predicted molar refractivity (Wildman–Crippen MR) is 51.4 cm³/mol. The zero-order chi connectivity index (χ0) is 10.5. The molecule has 80 valence electrons. The Hall–Kier alpha value is -0.170. The normalized spacial score (nSPS) is 14.8. The summed E-state index contributed by atoms with van der Waals surface area (Å²) in [7, 11) is -2.11. The summed E-state index contributed by atoms with van der Waals surface area (Å²) in [5, 5.41) is 8.88. The van der Waals surface area contributed by atoms with Gasteiger partial charge in [-0.25, -0.2) is 4.72 Å². The Morgan fingerprint density at radius 2 is 1.92 bits per heavy atom. The van der Waals surface area contributed by atoms with Crippen LogP contribution in [0.1, 0.15) is 20.3 Å². The average molecular weight is 210 g/mol. The lowest BCUT2D eigenvalue weighted by atomic mass is 10.1. The zero-order valence-electron chi connectivity index (χ0n) is 8.24. The average Bonchev–Trinajstić information content (AvgIpc) is 2.02. The van der Waals surface area contributed by atoms with E-state index in [-0.39, 0.29) is 6.61 Å². The van der Waals surface area contributed by atoms with E-state index in [9.17, 15) is 8.42 Å². The van der Waals surface area contributed by atoms with E-state index in [2.05, 4.69) is 9.44 Å². The van der Waals surface area contributed by atoms with Crippen LogP contribution in [0.4, 0.5) is 0 Å². The molecular formula is C7H18N2O3S. The van der Waals surface area contributed by atoms with Gasteiger partial charge < -0.3 is 5.11 Å². The Morgan fingerprint density at radius 1 is 1.38 bits per heavy atom. The van der Waals surface area contributed by atoms with Crippen molar-refractivity contribution in [3.05, 3.63) is 0 Å². The Labute approximate surface area is 79.7 Å². The summed E-state index contributed by atoms with van der Waals surface area (Å²) in [6.45, 7) is 3.76. The highest BCUT2D eigenvalue weighted by Crippen LogP contribution is 2.04. The van der Waals surface area contributed by atoms with E-state index in [1.165, 1.54) is 7.05 Å². The van der Waals surface area contributed by atoms with Crippen LogP contribution in [-0.4, -0.2) is 33.2 Å². The van der Waals surface area contributed by atoms with Crippen LogP contribution in [-0.2, 0) is 10.2 Å². The van der Waals surface area contributed by atoms with Crippen LogP contribution < -0.4 is 9.44 Å². The van der Waals surface area contributed by atoms with Gasteiger partial charge in [-0.1, -0.05) is 13.8 Å². The van der Waals surface area contributed by atoms with E-state index in [1.807, 2.05) is 13.8 Å². The lowest BCUT2D eigenvalue weighted by Crippen LogP contribution is -2.43. The van der Waals surface area contributed by atoms with E-state index in [0.717, 1.165) is 0 Å². The zero-order valence-corrected chi connectivity index (χ0v) is 9.06. The fourth-order valence-electron chi connectivity index (χ4n) is 1.01. The van der Waals surface area contributed by atoms with Crippen molar-refractivity contribution in [1.82, 2.24) is 9.44 Å².